The molecule has 0 saturated heterocycles. The van der Waals surface area contributed by atoms with E-state index in [1.54, 1.807) is 18.0 Å². The molecular weight excluding hydrogens is 170 g/mol. The molecule has 0 fully saturated rings. The summed E-state index contributed by atoms with van der Waals surface area (Å²) in [6, 6.07) is 5.84. The van der Waals surface area contributed by atoms with Gasteiger partial charge >= 0.3 is 0 Å². The molecule has 0 atom stereocenters. The lowest BCUT2D eigenvalue weighted by atomic mass is 10.4. The Morgan fingerprint density at radius 2 is 2.42 bits per heavy atom. The van der Waals surface area contributed by atoms with Crippen LogP contribution in [0.15, 0.2) is 29.4 Å². The Morgan fingerprint density at radius 1 is 1.50 bits per heavy atom. The van der Waals surface area contributed by atoms with Crippen LogP contribution in [0.25, 0.3) is 0 Å². The number of carbonyl (C=O) groups is 1. The SMILES string of the molecule is O=CCCCSc1ccccn1. The van der Waals surface area contributed by atoms with Crippen molar-refractivity contribution in [2.45, 2.75) is 17.9 Å². The van der Waals surface area contributed by atoms with Gasteiger partial charge in [0.1, 0.15) is 6.29 Å². The summed E-state index contributed by atoms with van der Waals surface area (Å²) in [7, 11) is 0. The van der Waals surface area contributed by atoms with E-state index in [9.17, 15) is 4.79 Å². The molecule has 1 aromatic heterocycles. The predicted molar refractivity (Wildman–Crippen MR) is 50.3 cm³/mol. The molecule has 0 bridgehead atoms. The second kappa shape index (κ2) is 5.77. The highest BCUT2D eigenvalue weighted by Gasteiger charge is 1.92. The van der Waals surface area contributed by atoms with Gasteiger partial charge in [-0.15, -0.1) is 11.8 Å². The molecular formula is C9H11NOS. The maximum atomic E-state index is 9.99. The van der Waals surface area contributed by atoms with Crippen LogP contribution in [0.5, 0.6) is 0 Å². The number of hydrogen-bond acceptors (Lipinski definition) is 3. The minimum Gasteiger partial charge on any atom is -0.303 e. The molecule has 0 radical (unpaired) electrons. The predicted octanol–water partition coefficient (Wildman–Crippen LogP) is 2.15. The maximum Gasteiger partial charge on any atom is 0.120 e. The summed E-state index contributed by atoms with van der Waals surface area (Å²) in [6.45, 7) is 0. The van der Waals surface area contributed by atoms with E-state index in [4.69, 9.17) is 0 Å². The first-order valence-electron chi connectivity index (χ1n) is 3.91. The van der Waals surface area contributed by atoms with Crippen molar-refractivity contribution in [2.24, 2.45) is 0 Å². The molecule has 0 amide bonds. The van der Waals surface area contributed by atoms with Crippen molar-refractivity contribution in [2.75, 3.05) is 5.75 Å². The quantitative estimate of drug-likeness (QED) is 0.396. The summed E-state index contributed by atoms with van der Waals surface area (Å²) >= 11 is 1.69. The van der Waals surface area contributed by atoms with Crippen LogP contribution < -0.4 is 0 Å². The Bertz CT molecular complexity index is 225. The van der Waals surface area contributed by atoms with Crippen molar-refractivity contribution >= 4 is 18.0 Å². The lowest BCUT2D eigenvalue weighted by Crippen LogP contribution is -1.83. The molecule has 0 N–H and O–H groups in total. The maximum absolute atomic E-state index is 9.99. The first kappa shape index (κ1) is 9.26. The number of thioether (sulfide) groups is 1. The molecule has 0 aliphatic carbocycles. The fourth-order valence-corrected chi connectivity index (χ4v) is 1.61. The van der Waals surface area contributed by atoms with E-state index in [0.717, 1.165) is 23.5 Å². The van der Waals surface area contributed by atoms with Gasteiger partial charge in [-0.3, -0.25) is 0 Å². The molecule has 1 aromatic rings. The van der Waals surface area contributed by atoms with Gasteiger partial charge in [0.15, 0.2) is 0 Å². The van der Waals surface area contributed by atoms with Crippen LogP contribution in [-0.2, 0) is 4.79 Å². The number of carbonyl (C=O) groups excluding carboxylic acids is 1. The third-order valence-corrected chi connectivity index (χ3v) is 2.38. The number of unbranched alkanes of at least 4 members (excludes halogenated alkanes) is 1. The molecule has 0 unspecified atom stereocenters. The van der Waals surface area contributed by atoms with Gasteiger partial charge in [0.2, 0.25) is 0 Å². The highest BCUT2D eigenvalue weighted by molar-refractivity contribution is 7.99. The van der Waals surface area contributed by atoms with E-state index in [2.05, 4.69) is 4.98 Å². The Kier molecular flexibility index (Phi) is 4.46. The summed E-state index contributed by atoms with van der Waals surface area (Å²) in [5.41, 5.74) is 0. The number of hydrogen-bond donors (Lipinski definition) is 0. The smallest absolute Gasteiger partial charge is 0.120 e. The van der Waals surface area contributed by atoms with Crippen LogP contribution in [0, 0.1) is 0 Å². The number of nitrogens with zero attached hydrogens (tertiary/aromatic N) is 1. The zero-order chi connectivity index (χ0) is 8.65. The lowest BCUT2D eigenvalue weighted by molar-refractivity contribution is -0.107. The van der Waals surface area contributed by atoms with Crippen LogP contribution in [0.3, 0.4) is 0 Å². The standard InChI is InChI=1S/C9H11NOS/c11-7-3-4-8-12-9-5-1-2-6-10-9/h1-2,5-7H,3-4,8H2. The second-order valence-corrected chi connectivity index (χ2v) is 3.44. The number of aldehydes is 1. The van der Waals surface area contributed by atoms with Gasteiger partial charge in [-0.05, 0) is 24.3 Å². The number of aromatic nitrogens is 1. The monoisotopic (exact) mass is 181 g/mol. The Labute approximate surface area is 76.4 Å². The summed E-state index contributed by atoms with van der Waals surface area (Å²) in [5, 5.41) is 1.03. The Balaban J connectivity index is 2.20. The zero-order valence-corrected chi connectivity index (χ0v) is 7.59. The van der Waals surface area contributed by atoms with Crippen molar-refractivity contribution in [1.29, 1.82) is 0 Å². The highest BCUT2D eigenvalue weighted by atomic mass is 32.2. The van der Waals surface area contributed by atoms with Crippen molar-refractivity contribution in [3.63, 3.8) is 0 Å². The largest absolute Gasteiger partial charge is 0.303 e. The molecule has 0 aliphatic heterocycles. The van der Waals surface area contributed by atoms with Crippen LogP contribution in [0.1, 0.15) is 12.8 Å². The molecule has 3 heteroatoms. The third kappa shape index (κ3) is 3.53. The van der Waals surface area contributed by atoms with Crippen LogP contribution >= 0.6 is 11.8 Å². The molecule has 0 saturated carbocycles. The topological polar surface area (TPSA) is 30.0 Å². The van der Waals surface area contributed by atoms with Gasteiger partial charge in [0.05, 0.1) is 5.03 Å². The average molecular weight is 181 g/mol. The lowest BCUT2D eigenvalue weighted by Gasteiger charge is -1.96. The van der Waals surface area contributed by atoms with Crippen molar-refractivity contribution in [1.82, 2.24) is 4.98 Å². The molecule has 12 heavy (non-hydrogen) atoms. The highest BCUT2D eigenvalue weighted by Crippen LogP contribution is 2.14. The van der Waals surface area contributed by atoms with Crippen molar-refractivity contribution < 1.29 is 4.79 Å². The molecule has 2 nitrogen and oxygen atoms in total. The fourth-order valence-electron chi connectivity index (χ4n) is 0.776. The molecule has 1 rings (SSSR count). The zero-order valence-electron chi connectivity index (χ0n) is 6.77. The van der Waals surface area contributed by atoms with Crippen molar-refractivity contribution in [3.05, 3.63) is 24.4 Å². The summed E-state index contributed by atoms with van der Waals surface area (Å²) in [6.07, 6.45) is 4.33. The molecule has 1 heterocycles. The first-order valence-corrected chi connectivity index (χ1v) is 4.89. The number of rotatable bonds is 5. The molecule has 0 aliphatic rings. The van der Waals surface area contributed by atoms with E-state index in [1.807, 2.05) is 18.2 Å². The summed E-state index contributed by atoms with van der Waals surface area (Å²) in [4.78, 5) is 14.1. The van der Waals surface area contributed by atoms with Gasteiger partial charge in [-0.25, -0.2) is 4.98 Å². The normalized spacial score (nSPS) is 9.67. The van der Waals surface area contributed by atoms with Crippen LogP contribution in [0.2, 0.25) is 0 Å². The van der Waals surface area contributed by atoms with Gasteiger partial charge in [-0.2, -0.15) is 0 Å². The fraction of sp³-hybridized carbons (Fsp3) is 0.333. The van der Waals surface area contributed by atoms with Gasteiger partial charge in [0, 0.05) is 12.6 Å². The minimum atomic E-state index is 0.653. The average Bonchev–Trinajstić information content (AvgIpc) is 2.14. The minimum absolute atomic E-state index is 0.653. The molecule has 0 spiro atoms. The van der Waals surface area contributed by atoms with E-state index in [0.29, 0.717) is 6.42 Å². The number of pyridine rings is 1. The van der Waals surface area contributed by atoms with E-state index in [1.165, 1.54) is 0 Å². The molecule has 64 valence electrons. The van der Waals surface area contributed by atoms with Gasteiger partial charge < -0.3 is 4.79 Å². The van der Waals surface area contributed by atoms with E-state index in [-0.39, 0.29) is 0 Å². The van der Waals surface area contributed by atoms with Gasteiger partial charge in [-0.1, -0.05) is 6.07 Å². The molecule has 0 aromatic carbocycles. The second-order valence-electron chi connectivity index (χ2n) is 2.33. The first-order chi connectivity index (χ1) is 5.93. The summed E-state index contributed by atoms with van der Waals surface area (Å²) in [5.74, 6) is 0.968. The Morgan fingerprint density at radius 3 is 3.08 bits per heavy atom. The van der Waals surface area contributed by atoms with Gasteiger partial charge in [0.25, 0.3) is 0 Å². The van der Waals surface area contributed by atoms with Crippen LogP contribution in [-0.4, -0.2) is 17.0 Å². The van der Waals surface area contributed by atoms with Crippen LogP contribution in [0.4, 0.5) is 0 Å². The summed E-state index contributed by atoms with van der Waals surface area (Å²) < 4.78 is 0. The Hall–Kier alpha value is -0.830. The van der Waals surface area contributed by atoms with E-state index >= 15 is 0 Å². The van der Waals surface area contributed by atoms with Crippen molar-refractivity contribution in [3.8, 4) is 0 Å². The van der Waals surface area contributed by atoms with E-state index < -0.39 is 0 Å². The third-order valence-electron chi connectivity index (χ3n) is 1.35.